The smallest absolute Gasteiger partial charge is 0.353 e. The maximum atomic E-state index is 13.6. The number of rotatable bonds is 6. The summed E-state index contributed by atoms with van der Waals surface area (Å²) in [5.74, 6) is -1.85. The van der Waals surface area contributed by atoms with Crippen molar-refractivity contribution < 1.29 is 27.9 Å². The van der Waals surface area contributed by atoms with E-state index in [1.54, 1.807) is 25.1 Å². The van der Waals surface area contributed by atoms with Crippen molar-refractivity contribution in [2.24, 2.45) is 0 Å². The third kappa shape index (κ3) is 3.32. The number of carboxylic acid groups (broad SMARTS) is 1. The monoisotopic (exact) mass is 451 g/mol. The van der Waals surface area contributed by atoms with Crippen LogP contribution in [0.5, 0.6) is 0 Å². The second kappa shape index (κ2) is 7.03. The Morgan fingerprint density at radius 2 is 1.83 bits per heavy atom. The molecule has 9 heteroatoms. The lowest BCUT2D eigenvalue weighted by Crippen LogP contribution is -2.60. The fraction of sp³-hybridized carbons (Fsp3) is 0.524. The lowest BCUT2D eigenvalue weighted by Gasteiger charge is -2.45. The van der Waals surface area contributed by atoms with Crippen LogP contribution in [0.3, 0.4) is 0 Å². The van der Waals surface area contributed by atoms with E-state index in [2.05, 4.69) is 33.9 Å². The topological polar surface area (TPSA) is 101 Å². The molecule has 0 radical (unpaired) electrons. The standard InChI is InChI=1S/C21H29NO6SSi/c1-20(2,3)30(5,6)13-28-21(4)15-12-16(23)22(15)17(19(24)25)18(21)29(26,27)14-10-8-7-9-11-14/h7-11,15H,12-13H2,1-6H3,(H,24,25)/t15-,21-/m1/s1. The van der Waals surface area contributed by atoms with Crippen molar-refractivity contribution in [3.05, 3.63) is 40.9 Å². The first-order chi connectivity index (χ1) is 13.6. The summed E-state index contributed by atoms with van der Waals surface area (Å²) in [5, 5.41) is 9.86. The molecule has 1 aromatic carbocycles. The Labute approximate surface area is 178 Å². The number of carbonyl (C=O) groups is 2. The minimum Gasteiger partial charge on any atom is -0.477 e. The van der Waals surface area contributed by atoms with Gasteiger partial charge in [0.25, 0.3) is 0 Å². The molecular formula is C21H29NO6SSi. The van der Waals surface area contributed by atoms with Crippen LogP contribution < -0.4 is 0 Å². The van der Waals surface area contributed by atoms with Gasteiger partial charge in [0.1, 0.15) is 16.2 Å². The summed E-state index contributed by atoms with van der Waals surface area (Å²) in [6, 6.07) is 7.05. The summed E-state index contributed by atoms with van der Waals surface area (Å²) in [6.45, 7) is 12.3. The molecule has 0 saturated carbocycles. The zero-order chi connectivity index (χ0) is 22.7. The Hall–Kier alpha value is -1.97. The van der Waals surface area contributed by atoms with E-state index in [4.69, 9.17) is 4.74 Å². The van der Waals surface area contributed by atoms with Gasteiger partial charge < -0.3 is 9.84 Å². The van der Waals surface area contributed by atoms with Crippen LogP contribution in [-0.2, 0) is 24.2 Å². The third-order valence-electron chi connectivity index (χ3n) is 6.78. The van der Waals surface area contributed by atoms with E-state index in [-0.39, 0.29) is 21.3 Å². The fourth-order valence-corrected chi connectivity index (χ4v) is 6.67. The van der Waals surface area contributed by atoms with Crippen LogP contribution >= 0.6 is 0 Å². The molecule has 1 aromatic rings. The van der Waals surface area contributed by atoms with E-state index >= 15 is 0 Å². The Bertz CT molecular complexity index is 1030. The number of β-lactam (4-membered cyclic amide) rings is 1. The van der Waals surface area contributed by atoms with Crippen LogP contribution in [0, 0.1) is 0 Å². The molecule has 7 nitrogen and oxygen atoms in total. The SMILES string of the molecule is CC(C)(C)[Si](C)(C)CO[C@@]1(C)C(S(=O)(=O)c2ccccc2)=C(C(=O)O)N2C(=O)C[C@@H]21. The number of fused-ring (bicyclic) bond motifs is 1. The first-order valence-corrected chi connectivity index (χ1v) is 14.6. The van der Waals surface area contributed by atoms with E-state index in [1.165, 1.54) is 12.1 Å². The molecule has 2 atom stereocenters. The van der Waals surface area contributed by atoms with Crippen molar-refractivity contribution >= 4 is 29.8 Å². The molecule has 1 amide bonds. The molecule has 2 heterocycles. The van der Waals surface area contributed by atoms with Gasteiger partial charge >= 0.3 is 5.97 Å². The second-order valence-electron chi connectivity index (χ2n) is 9.81. The molecule has 0 bridgehead atoms. The Morgan fingerprint density at radius 3 is 2.30 bits per heavy atom. The van der Waals surface area contributed by atoms with Gasteiger partial charge in [-0.05, 0) is 24.1 Å². The highest BCUT2D eigenvalue weighted by atomic mass is 32.2. The normalized spacial score (nSPS) is 24.7. The molecule has 3 rings (SSSR count). The summed E-state index contributed by atoms with van der Waals surface area (Å²) in [4.78, 5) is 25.1. The maximum Gasteiger partial charge on any atom is 0.353 e. The molecule has 0 unspecified atom stereocenters. The van der Waals surface area contributed by atoms with E-state index in [0.29, 0.717) is 6.23 Å². The number of hydrogen-bond donors (Lipinski definition) is 1. The molecule has 0 spiro atoms. The van der Waals surface area contributed by atoms with Gasteiger partial charge in [0.05, 0.1) is 25.4 Å². The van der Waals surface area contributed by atoms with Gasteiger partial charge in [0, 0.05) is 6.23 Å². The van der Waals surface area contributed by atoms with Crippen molar-refractivity contribution in [3.8, 4) is 0 Å². The molecule has 0 aromatic heterocycles. The number of carbonyl (C=O) groups excluding carboxylic acids is 1. The first-order valence-electron chi connectivity index (χ1n) is 9.89. The third-order valence-corrected chi connectivity index (χ3v) is 13.7. The molecule has 0 aliphatic carbocycles. The average molecular weight is 452 g/mol. The van der Waals surface area contributed by atoms with Crippen LogP contribution in [0.15, 0.2) is 45.8 Å². The molecule has 2 aliphatic heterocycles. The van der Waals surface area contributed by atoms with Crippen LogP contribution in [-0.4, -0.2) is 56.2 Å². The molecule has 1 fully saturated rings. The predicted molar refractivity (Wildman–Crippen MR) is 115 cm³/mol. The lowest BCUT2D eigenvalue weighted by molar-refractivity contribution is -0.154. The minimum atomic E-state index is -4.20. The van der Waals surface area contributed by atoms with Crippen LogP contribution in [0.1, 0.15) is 34.1 Å². The van der Waals surface area contributed by atoms with E-state index in [1.807, 2.05) is 0 Å². The van der Waals surface area contributed by atoms with E-state index < -0.39 is 47.1 Å². The van der Waals surface area contributed by atoms with Crippen molar-refractivity contribution in [3.63, 3.8) is 0 Å². The van der Waals surface area contributed by atoms with Gasteiger partial charge in [-0.25, -0.2) is 13.2 Å². The number of aliphatic carboxylic acids is 1. The van der Waals surface area contributed by atoms with Gasteiger partial charge in [0.15, 0.2) is 0 Å². The predicted octanol–water partition coefficient (Wildman–Crippen LogP) is 3.19. The van der Waals surface area contributed by atoms with Gasteiger partial charge in [-0.3, -0.25) is 9.69 Å². The average Bonchev–Trinajstić information content (AvgIpc) is 2.85. The number of sulfone groups is 1. The van der Waals surface area contributed by atoms with Crippen molar-refractivity contribution in [1.82, 2.24) is 4.90 Å². The molecule has 1 N–H and O–H groups in total. The first kappa shape index (κ1) is 22.7. The Morgan fingerprint density at radius 1 is 1.27 bits per heavy atom. The summed E-state index contributed by atoms with van der Waals surface area (Å²) in [5.41, 5.74) is -1.91. The van der Waals surface area contributed by atoms with E-state index in [0.717, 1.165) is 4.90 Å². The van der Waals surface area contributed by atoms with Crippen molar-refractivity contribution in [1.29, 1.82) is 0 Å². The number of nitrogens with zero attached hydrogens (tertiary/aromatic N) is 1. The summed E-state index contributed by atoms with van der Waals surface area (Å²) < 4.78 is 33.5. The zero-order valence-electron chi connectivity index (χ0n) is 18.2. The number of carboxylic acids is 1. The van der Waals surface area contributed by atoms with Gasteiger partial charge in [0.2, 0.25) is 15.7 Å². The highest BCUT2D eigenvalue weighted by molar-refractivity contribution is 7.95. The number of ether oxygens (including phenoxy) is 1. The largest absolute Gasteiger partial charge is 0.477 e. The molecular weight excluding hydrogens is 422 g/mol. The molecule has 2 aliphatic rings. The fourth-order valence-electron chi connectivity index (χ4n) is 3.65. The van der Waals surface area contributed by atoms with Gasteiger partial charge in [-0.2, -0.15) is 0 Å². The maximum absolute atomic E-state index is 13.6. The Kier molecular flexibility index (Phi) is 5.32. The van der Waals surface area contributed by atoms with Gasteiger partial charge in [-0.15, -0.1) is 0 Å². The van der Waals surface area contributed by atoms with Crippen LogP contribution in [0.4, 0.5) is 0 Å². The summed E-state index contributed by atoms with van der Waals surface area (Å²) >= 11 is 0. The quantitative estimate of drug-likeness (QED) is 0.526. The summed E-state index contributed by atoms with van der Waals surface area (Å²) in [6.07, 6.45) is 0.394. The minimum absolute atomic E-state index is 0.00506. The van der Waals surface area contributed by atoms with Crippen molar-refractivity contribution in [2.75, 3.05) is 6.23 Å². The number of amides is 1. The molecule has 30 heavy (non-hydrogen) atoms. The zero-order valence-corrected chi connectivity index (χ0v) is 20.0. The highest BCUT2D eigenvalue weighted by Crippen LogP contribution is 2.51. The number of benzene rings is 1. The highest BCUT2D eigenvalue weighted by Gasteiger charge is 2.64. The number of hydrogen-bond acceptors (Lipinski definition) is 5. The molecule has 164 valence electrons. The van der Waals surface area contributed by atoms with Gasteiger partial charge in [-0.1, -0.05) is 52.1 Å². The Balaban J connectivity index is 2.16. The van der Waals surface area contributed by atoms with E-state index in [9.17, 15) is 23.1 Å². The second-order valence-corrected chi connectivity index (χ2v) is 17.3. The van der Waals surface area contributed by atoms with Crippen LogP contribution in [0.2, 0.25) is 18.1 Å². The van der Waals surface area contributed by atoms with Crippen molar-refractivity contribution in [2.45, 2.75) is 68.8 Å². The van der Waals surface area contributed by atoms with Crippen LogP contribution in [0.25, 0.3) is 0 Å². The lowest BCUT2D eigenvalue weighted by atomic mass is 9.89. The summed E-state index contributed by atoms with van der Waals surface area (Å²) in [7, 11) is -6.17. The molecule has 1 saturated heterocycles.